The minimum absolute atomic E-state index is 0. The van der Waals surface area contributed by atoms with E-state index in [-0.39, 0.29) is 51.0 Å². The van der Waals surface area contributed by atoms with Crippen LogP contribution < -0.4 is 24.8 Å². The van der Waals surface area contributed by atoms with Crippen LogP contribution in [0.3, 0.4) is 0 Å². The summed E-state index contributed by atoms with van der Waals surface area (Å²) in [5, 5.41) is 15.8. The van der Waals surface area contributed by atoms with Gasteiger partial charge in [-0.15, -0.1) is 80.2 Å². The predicted molar refractivity (Wildman–Crippen MR) is 217 cm³/mol. The smallest absolute Gasteiger partial charge is 1.00 e. The first kappa shape index (κ1) is 36.8. The fraction of sp³-hybridized carbons (Fsp3) is 0.0800. The topological polar surface area (TPSA) is 0 Å². The minimum atomic E-state index is 0. The van der Waals surface area contributed by atoms with E-state index < -0.39 is 0 Å². The van der Waals surface area contributed by atoms with Gasteiger partial charge in [-0.3, -0.25) is 0 Å². The Kier molecular flexibility index (Phi) is 10.2. The van der Waals surface area contributed by atoms with Crippen molar-refractivity contribution in [2.45, 2.75) is 26.7 Å². The first-order valence-corrected chi connectivity index (χ1v) is 17.8. The van der Waals surface area contributed by atoms with Gasteiger partial charge in [0.05, 0.1) is 0 Å². The monoisotopic (exact) mass is 796 g/mol. The van der Waals surface area contributed by atoms with Crippen LogP contribution in [0, 0.1) is 13.8 Å². The van der Waals surface area contributed by atoms with E-state index in [0.29, 0.717) is 0 Å². The second kappa shape index (κ2) is 14.7. The molecule has 53 heavy (non-hydrogen) atoms. The molecule has 10 rings (SSSR count). The third-order valence-electron chi connectivity index (χ3n) is 11.1. The second-order valence-corrected chi connectivity index (χ2v) is 14.1. The standard InChI is InChI=1S/C50H36.2ClH.Zr/c1-31-25-41-19-7-15-33(49(41)47(31)43-21-9-17-39-27-35-11-3-5-13-37(35)29-45(39)43)23-24-34-16-8-20-42-26-32(2)48(50(34)42)44-22-10-18-40-28-36-12-4-6-14-38(36)30-46(40)44;;;/h3-22,25-30H,23-24H2,1-2H3;2*1H;/q-2;;;+4/p-2. The molecule has 0 fully saturated rings. The summed E-state index contributed by atoms with van der Waals surface area (Å²) >= 11 is 0. The number of hydrogen-bond acceptors (Lipinski definition) is 0. The normalized spacial score (nSPS) is 11.3. The van der Waals surface area contributed by atoms with Gasteiger partial charge >= 0.3 is 26.2 Å². The van der Waals surface area contributed by atoms with Crippen molar-refractivity contribution in [1.29, 1.82) is 0 Å². The van der Waals surface area contributed by atoms with Gasteiger partial charge in [0.1, 0.15) is 0 Å². The largest absolute Gasteiger partial charge is 4.00 e. The Labute approximate surface area is 342 Å². The van der Waals surface area contributed by atoms with Gasteiger partial charge in [0.25, 0.3) is 0 Å². The van der Waals surface area contributed by atoms with E-state index in [1.54, 1.807) is 0 Å². The Morgan fingerprint density at radius 2 is 0.755 bits per heavy atom. The van der Waals surface area contributed by atoms with Gasteiger partial charge in [-0.1, -0.05) is 133 Å². The quantitative estimate of drug-likeness (QED) is 0.123. The van der Waals surface area contributed by atoms with E-state index in [2.05, 4.69) is 172 Å². The average molecular weight is 799 g/mol. The first-order valence-electron chi connectivity index (χ1n) is 17.8. The molecule has 0 atom stereocenters. The molecule has 0 saturated heterocycles. The van der Waals surface area contributed by atoms with Crippen LogP contribution in [-0.4, -0.2) is 0 Å². The Bertz CT molecular complexity index is 2760. The number of halogens is 2. The van der Waals surface area contributed by atoms with Crippen molar-refractivity contribution < 1.29 is 51.0 Å². The SMILES string of the molecule is Cc1[cH-]c2cccc(CCc3cccc4[cH-]c(C)c(-c5cccc6cc7ccccc7cc56)c34)c2c1-c1cccc2cc3ccccc3cc12.[Cl-].[Cl-].[Zr+4]. The second-order valence-electron chi connectivity index (χ2n) is 14.1. The molecule has 254 valence electrons. The minimum Gasteiger partial charge on any atom is -1.00 e. The van der Waals surface area contributed by atoms with Crippen LogP contribution in [0.1, 0.15) is 22.3 Å². The van der Waals surface area contributed by atoms with Crippen LogP contribution in [0.2, 0.25) is 0 Å². The summed E-state index contributed by atoms with van der Waals surface area (Å²) in [7, 11) is 0. The molecule has 3 heteroatoms. The Morgan fingerprint density at radius 1 is 0.396 bits per heavy atom. The zero-order valence-corrected chi connectivity index (χ0v) is 33.7. The summed E-state index contributed by atoms with van der Waals surface area (Å²) in [6.45, 7) is 4.57. The molecule has 0 bridgehead atoms. The zero-order valence-electron chi connectivity index (χ0n) is 29.7. The van der Waals surface area contributed by atoms with Crippen molar-refractivity contribution in [3.63, 3.8) is 0 Å². The third kappa shape index (κ3) is 6.14. The number of aryl methyl sites for hydroxylation is 4. The number of rotatable bonds is 5. The van der Waals surface area contributed by atoms with Crippen molar-refractivity contribution in [1.82, 2.24) is 0 Å². The summed E-state index contributed by atoms with van der Waals surface area (Å²) in [5.74, 6) is 0. The summed E-state index contributed by atoms with van der Waals surface area (Å²) in [4.78, 5) is 0. The van der Waals surface area contributed by atoms with E-state index >= 15 is 0 Å². The van der Waals surface area contributed by atoms with Crippen LogP contribution in [0.4, 0.5) is 0 Å². The molecule has 0 N–H and O–H groups in total. The molecule has 0 amide bonds. The molecule has 0 unspecified atom stereocenters. The molecule has 0 aromatic heterocycles. The van der Waals surface area contributed by atoms with Gasteiger partial charge in [-0.25, -0.2) is 0 Å². The molecule has 0 aliphatic carbocycles. The molecule has 0 spiro atoms. The van der Waals surface area contributed by atoms with E-state index in [0.717, 1.165) is 12.8 Å². The fourth-order valence-corrected chi connectivity index (χ4v) is 8.85. The summed E-state index contributed by atoms with van der Waals surface area (Å²) in [6.07, 6.45) is 1.95. The molecular formula is C50H36Cl2Zr. The summed E-state index contributed by atoms with van der Waals surface area (Å²) in [6, 6.07) is 59.1. The molecule has 0 saturated carbocycles. The predicted octanol–water partition coefficient (Wildman–Crippen LogP) is 7.79. The van der Waals surface area contributed by atoms with E-state index in [1.165, 1.54) is 109 Å². The maximum Gasteiger partial charge on any atom is 4.00 e. The first-order chi connectivity index (χ1) is 24.6. The molecule has 0 aliphatic heterocycles. The number of benzene rings is 8. The van der Waals surface area contributed by atoms with Crippen molar-refractivity contribution in [3.8, 4) is 22.3 Å². The molecule has 10 aromatic carbocycles. The molecular weight excluding hydrogens is 763 g/mol. The fourth-order valence-electron chi connectivity index (χ4n) is 8.85. The molecule has 0 radical (unpaired) electrons. The van der Waals surface area contributed by atoms with Crippen molar-refractivity contribution >= 4 is 64.6 Å². The maximum atomic E-state index is 2.39. The van der Waals surface area contributed by atoms with Gasteiger partial charge < -0.3 is 24.8 Å². The third-order valence-corrected chi connectivity index (χ3v) is 11.1. The van der Waals surface area contributed by atoms with Crippen LogP contribution in [0.25, 0.3) is 86.9 Å². The van der Waals surface area contributed by atoms with E-state index in [4.69, 9.17) is 0 Å². The van der Waals surface area contributed by atoms with Gasteiger partial charge in [0, 0.05) is 0 Å². The average Bonchev–Trinajstić information content (AvgIpc) is 3.67. The van der Waals surface area contributed by atoms with Crippen LogP contribution in [0.15, 0.2) is 158 Å². The van der Waals surface area contributed by atoms with Crippen LogP contribution in [-0.2, 0) is 39.0 Å². The van der Waals surface area contributed by atoms with Gasteiger partial charge in [0.2, 0.25) is 0 Å². The van der Waals surface area contributed by atoms with Crippen LogP contribution in [0.5, 0.6) is 0 Å². The van der Waals surface area contributed by atoms with Gasteiger partial charge in [-0.2, -0.15) is 0 Å². The Morgan fingerprint density at radius 3 is 1.17 bits per heavy atom. The number of hydrogen-bond donors (Lipinski definition) is 0. The molecule has 0 aliphatic rings. The van der Waals surface area contributed by atoms with E-state index in [1.807, 2.05) is 0 Å². The van der Waals surface area contributed by atoms with Crippen molar-refractivity contribution in [2.75, 3.05) is 0 Å². The van der Waals surface area contributed by atoms with Gasteiger partial charge in [0.15, 0.2) is 0 Å². The zero-order chi connectivity index (χ0) is 33.3. The summed E-state index contributed by atoms with van der Waals surface area (Å²) in [5.41, 5.74) is 10.9. The van der Waals surface area contributed by atoms with Crippen molar-refractivity contribution in [2.24, 2.45) is 0 Å². The Balaban J connectivity index is 0.00000145. The molecule has 0 nitrogen and oxygen atoms in total. The van der Waals surface area contributed by atoms with Gasteiger partial charge in [-0.05, 0) is 80.2 Å². The number of fused-ring (bicyclic) bond motifs is 6. The van der Waals surface area contributed by atoms with Crippen LogP contribution >= 0.6 is 0 Å². The van der Waals surface area contributed by atoms with E-state index in [9.17, 15) is 0 Å². The molecule has 0 heterocycles. The van der Waals surface area contributed by atoms with Crippen molar-refractivity contribution in [3.05, 3.63) is 180 Å². The Hall–Kier alpha value is -4.52. The maximum absolute atomic E-state index is 2.39. The summed E-state index contributed by atoms with van der Waals surface area (Å²) < 4.78 is 0. The molecule has 10 aromatic rings.